The third kappa shape index (κ3) is 3.44. The number of nitrogens with zero attached hydrogens (tertiary/aromatic N) is 3. The predicted octanol–water partition coefficient (Wildman–Crippen LogP) is 1.92. The number of aromatic nitrogens is 2. The van der Waals surface area contributed by atoms with E-state index in [-0.39, 0.29) is 36.1 Å². The number of hydrogen-bond donors (Lipinski definition) is 3. The van der Waals surface area contributed by atoms with E-state index in [1.54, 1.807) is 0 Å². The maximum Gasteiger partial charge on any atom is 0.329 e. The van der Waals surface area contributed by atoms with Crippen molar-refractivity contribution < 1.29 is 10.0 Å². The molecule has 2 aliphatic carbocycles. The summed E-state index contributed by atoms with van der Waals surface area (Å²) in [6, 6.07) is 0.398. The number of nitro groups is 1. The van der Waals surface area contributed by atoms with Crippen molar-refractivity contribution in [1.29, 1.82) is 0 Å². The smallest absolute Gasteiger partial charge is 0.329 e. The minimum Gasteiger partial charge on any atom is -0.396 e. The van der Waals surface area contributed by atoms with Crippen LogP contribution in [0.5, 0.6) is 0 Å². The third-order valence-electron chi connectivity index (χ3n) is 4.34. The van der Waals surface area contributed by atoms with E-state index in [1.807, 2.05) is 0 Å². The van der Waals surface area contributed by atoms with Crippen LogP contribution in [-0.4, -0.2) is 38.7 Å². The number of rotatable bonds is 6. The second kappa shape index (κ2) is 6.43. The molecule has 8 nitrogen and oxygen atoms in total. The summed E-state index contributed by atoms with van der Waals surface area (Å²) in [6.45, 7) is 0.137. The number of hydrogen-bond acceptors (Lipinski definition) is 7. The van der Waals surface area contributed by atoms with Gasteiger partial charge < -0.3 is 15.7 Å². The summed E-state index contributed by atoms with van der Waals surface area (Å²) in [5, 5.41) is 26.8. The van der Waals surface area contributed by atoms with E-state index in [4.69, 9.17) is 0 Å². The maximum atomic E-state index is 11.1. The lowest BCUT2D eigenvalue weighted by Gasteiger charge is -2.30. The van der Waals surface area contributed by atoms with Gasteiger partial charge in [0.15, 0.2) is 0 Å². The summed E-state index contributed by atoms with van der Waals surface area (Å²) >= 11 is 0. The van der Waals surface area contributed by atoms with Gasteiger partial charge in [0.2, 0.25) is 11.8 Å². The van der Waals surface area contributed by atoms with E-state index in [9.17, 15) is 15.2 Å². The maximum absolute atomic E-state index is 11.1. The lowest BCUT2D eigenvalue weighted by atomic mass is 9.85. The van der Waals surface area contributed by atoms with Gasteiger partial charge in [-0.05, 0) is 25.7 Å². The molecule has 0 aromatic carbocycles. The summed E-state index contributed by atoms with van der Waals surface area (Å²) in [6.07, 6.45) is 7.44. The standard InChI is InChI=1S/C14H21N5O3/c20-8-9-3-1-2-4-11(9)17-14-15-7-12(19(21)22)13(18-14)16-10-5-6-10/h7,9-11,20H,1-6,8H2,(H2,15,16,17,18)/t9-,11-/m1/s1. The molecule has 3 rings (SSSR count). The molecule has 0 aliphatic heterocycles. The summed E-state index contributed by atoms with van der Waals surface area (Å²) < 4.78 is 0. The lowest BCUT2D eigenvalue weighted by Crippen LogP contribution is -2.35. The summed E-state index contributed by atoms with van der Waals surface area (Å²) in [7, 11) is 0. The molecule has 0 radical (unpaired) electrons. The zero-order chi connectivity index (χ0) is 15.5. The average Bonchev–Trinajstić information content (AvgIpc) is 3.32. The Morgan fingerprint density at radius 1 is 1.27 bits per heavy atom. The Labute approximate surface area is 128 Å². The normalized spacial score (nSPS) is 24.8. The lowest BCUT2D eigenvalue weighted by molar-refractivity contribution is -0.384. The monoisotopic (exact) mass is 307 g/mol. The van der Waals surface area contributed by atoms with Crippen LogP contribution in [0.2, 0.25) is 0 Å². The topological polar surface area (TPSA) is 113 Å². The summed E-state index contributed by atoms with van der Waals surface area (Å²) in [5.41, 5.74) is -0.0974. The van der Waals surface area contributed by atoms with Gasteiger partial charge in [0.25, 0.3) is 0 Å². The SMILES string of the molecule is O=[N+]([O-])c1cnc(N[C@@H]2CCCC[C@@H]2CO)nc1NC1CC1. The molecular weight excluding hydrogens is 286 g/mol. The van der Waals surface area contributed by atoms with Crippen molar-refractivity contribution >= 4 is 17.5 Å². The molecule has 2 aliphatic rings. The highest BCUT2D eigenvalue weighted by atomic mass is 16.6. The Morgan fingerprint density at radius 2 is 2.05 bits per heavy atom. The largest absolute Gasteiger partial charge is 0.396 e. The first-order valence-electron chi connectivity index (χ1n) is 7.82. The van der Waals surface area contributed by atoms with Crippen molar-refractivity contribution in [3.8, 4) is 0 Å². The van der Waals surface area contributed by atoms with Crippen LogP contribution >= 0.6 is 0 Å². The number of aliphatic hydroxyl groups is 1. The van der Waals surface area contributed by atoms with Gasteiger partial charge in [0.1, 0.15) is 6.20 Å². The molecule has 3 N–H and O–H groups in total. The fourth-order valence-electron chi connectivity index (χ4n) is 2.89. The molecular formula is C14H21N5O3. The Bertz CT molecular complexity index is 549. The molecule has 2 fully saturated rings. The van der Waals surface area contributed by atoms with E-state index >= 15 is 0 Å². The highest BCUT2D eigenvalue weighted by Crippen LogP contribution is 2.31. The molecule has 0 amide bonds. The molecule has 0 bridgehead atoms. The second-order valence-electron chi connectivity index (χ2n) is 6.08. The van der Waals surface area contributed by atoms with Crippen LogP contribution in [0, 0.1) is 16.0 Å². The van der Waals surface area contributed by atoms with Crippen molar-refractivity contribution in [1.82, 2.24) is 9.97 Å². The Kier molecular flexibility index (Phi) is 4.37. The van der Waals surface area contributed by atoms with Crippen LogP contribution in [0.25, 0.3) is 0 Å². The first-order chi connectivity index (χ1) is 10.7. The van der Waals surface area contributed by atoms with E-state index in [0.29, 0.717) is 5.95 Å². The highest BCUT2D eigenvalue weighted by molar-refractivity contribution is 5.58. The van der Waals surface area contributed by atoms with E-state index in [1.165, 1.54) is 6.20 Å². The fraction of sp³-hybridized carbons (Fsp3) is 0.714. The van der Waals surface area contributed by atoms with Crippen LogP contribution in [0.4, 0.5) is 17.5 Å². The first-order valence-corrected chi connectivity index (χ1v) is 7.82. The van der Waals surface area contributed by atoms with Gasteiger partial charge in [-0.3, -0.25) is 10.1 Å². The van der Waals surface area contributed by atoms with E-state index < -0.39 is 4.92 Å². The summed E-state index contributed by atoms with van der Waals surface area (Å²) in [5.74, 6) is 0.854. The second-order valence-corrected chi connectivity index (χ2v) is 6.08. The number of anilines is 2. The van der Waals surface area contributed by atoms with E-state index in [0.717, 1.165) is 38.5 Å². The molecule has 2 atom stereocenters. The van der Waals surface area contributed by atoms with Crippen LogP contribution in [-0.2, 0) is 0 Å². The van der Waals surface area contributed by atoms with Crippen molar-refractivity contribution in [3.05, 3.63) is 16.3 Å². The predicted molar refractivity (Wildman–Crippen MR) is 81.8 cm³/mol. The fourth-order valence-corrected chi connectivity index (χ4v) is 2.89. The number of nitrogens with one attached hydrogen (secondary N) is 2. The zero-order valence-electron chi connectivity index (χ0n) is 12.4. The Balaban J connectivity index is 1.76. The van der Waals surface area contributed by atoms with Gasteiger partial charge in [0, 0.05) is 24.6 Å². The Morgan fingerprint density at radius 3 is 2.73 bits per heavy atom. The third-order valence-corrected chi connectivity index (χ3v) is 4.34. The molecule has 1 heterocycles. The van der Waals surface area contributed by atoms with Gasteiger partial charge in [0.05, 0.1) is 4.92 Å². The molecule has 0 saturated heterocycles. The molecule has 120 valence electrons. The molecule has 1 aromatic rings. The van der Waals surface area contributed by atoms with Crippen LogP contribution in [0.1, 0.15) is 38.5 Å². The van der Waals surface area contributed by atoms with Crippen molar-refractivity contribution in [3.63, 3.8) is 0 Å². The minimum absolute atomic E-state index is 0.0974. The first kappa shape index (κ1) is 15.0. The van der Waals surface area contributed by atoms with Crippen LogP contribution in [0.15, 0.2) is 6.20 Å². The molecule has 8 heteroatoms. The molecule has 2 saturated carbocycles. The van der Waals surface area contributed by atoms with Gasteiger partial charge >= 0.3 is 5.69 Å². The van der Waals surface area contributed by atoms with Gasteiger partial charge in [-0.2, -0.15) is 4.98 Å². The molecule has 0 unspecified atom stereocenters. The van der Waals surface area contributed by atoms with E-state index in [2.05, 4.69) is 20.6 Å². The minimum atomic E-state index is -0.467. The van der Waals surface area contributed by atoms with Gasteiger partial charge in [-0.15, -0.1) is 0 Å². The number of aliphatic hydroxyl groups excluding tert-OH is 1. The highest BCUT2D eigenvalue weighted by Gasteiger charge is 2.28. The average molecular weight is 307 g/mol. The molecule has 1 aromatic heterocycles. The zero-order valence-corrected chi connectivity index (χ0v) is 12.4. The van der Waals surface area contributed by atoms with Crippen molar-refractivity contribution in [2.24, 2.45) is 5.92 Å². The van der Waals surface area contributed by atoms with Crippen LogP contribution < -0.4 is 10.6 Å². The quantitative estimate of drug-likeness (QED) is 0.543. The van der Waals surface area contributed by atoms with Crippen molar-refractivity contribution in [2.75, 3.05) is 17.2 Å². The van der Waals surface area contributed by atoms with Crippen LogP contribution in [0.3, 0.4) is 0 Å². The van der Waals surface area contributed by atoms with Gasteiger partial charge in [-0.1, -0.05) is 12.8 Å². The molecule has 22 heavy (non-hydrogen) atoms. The van der Waals surface area contributed by atoms with Crippen molar-refractivity contribution in [2.45, 2.75) is 50.6 Å². The summed E-state index contributed by atoms with van der Waals surface area (Å²) in [4.78, 5) is 18.9. The molecule has 0 spiro atoms. The Hall–Kier alpha value is -1.96. The van der Waals surface area contributed by atoms with Gasteiger partial charge in [-0.25, -0.2) is 4.98 Å².